The SMILES string of the molecule is COc1cc2c(cc1Nc1ncc(Cl)c(N[C@@H]3CCCC[C@@H]3CNS(=O)O)n1)CCN(CCS(C)(=O)=O)CC2. The van der Waals surface area contributed by atoms with Crippen molar-refractivity contribution in [2.24, 2.45) is 5.92 Å². The zero-order chi connectivity index (χ0) is 28.0. The van der Waals surface area contributed by atoms with Crippen molar-refractivity contribution in [3.05, 3.63) is 34.5 Å². The van der Waals surface area contributed by atoms with Gasteiger partial charge in [0, 0.05) is 38.5 Å². The molecular weight excluding hydrogens is 564 g/mol. The van der Waals surface area contributed by atoms with Crippen molar-refractivity contribution in [2.75, 3.05) is 55.9 Å². The molecular formula is C25H37ClN6O5S2. The molecule has 2 heterocycles. The minimum absolute atomic E-state index is 0.0581. The fourth-order valence-corrected chi connectivity index (χ4v) is 6.32. The van der Waals surface area contributed by atoms with Crippen molar-refractivity contribution in [1.82, 2.24) is 19.6 Å². The molecule has 11 nitrogen and oxygen atoms in total. The van der Waals surface area contributed by atoms with Crippen LogP contribution in [0.5, 0.6) is 5.75 Å². The number of fused-ring (bicyclic) bond motifs is 1. The van der Waals surface area contributed by atoms with E-state index in [-0.39, 0.29) is 17.7 Å². The molecule has 0 bridgehead atoms. The van der Waals surface area contributed by atoms with Crippen LogP contribution >= 0.6 is 11.6 Å². The average Bonchev–Trinajstić information content (AvgIpc) is 3.09. The number of nitrogens with one attached hydrogen (secondary N) is 3. The molecule has 1 fully saturated rings. The van der Waals surface area contributed by atoms with Crippen molar-refractivity contribution in [3.8, 4) is 5.75 Å². The Kier molecular flexibility index (Phi) is 10.4. The molecule has 0 radical (unpaired) electrons. The number of aromatic nitrogens is 2. The molecule has 216 valence electrons. The van der Waals surface area contributed by atoms with Crippen LogP contribution in [-0.2, 0) is 33.9 Å². The van der Waals surface area contributed by atoms with Crippen molar-refractivity contribution in [3.63, 3.8) is 0 Å². The van der Waals surface area contributed by atoms with E-state index in [2.05, 4.69) is 36.3 Å². The van der Waals surface area contributed by atoms with Crippen molar-refractivity contribution in [2.45, 2.75) is 44.6 Å². The normalized spacial score (nSPS) is 21.0. The highest BCUT2D eigenvalue weighted by Crippen LogP contribution is 2.34. The Bertz CT molecular complexity index is 1280. The van der Waals surface area contributed by atoms with Gasteiger partial charge in [-0.2, -0.15) is 4.98 Å². The molecule has 2 aromatic rings. The van der Waals surface area contributed by atoms with Gasteiger partial charge in [0.05, 0.1) is 24.7 Å². The lowest BCUT2D eigenvalue weighted by atomic mass is 9.84. The summed E-state index contributed by atoms with van der Waals surface area (Å²) in [6.45, 7) is 2.52. The summed E-state index contributed by atoms with van der Waals surface area (Å²) in [6.07, 6.45) is 8.40. The maximum Gasteiger partial charge on any atom is 0.231 e. The number of benzene rings is 1. The van der Waals surface area contributed by atoms with Crippen molar-refractivity contribution in [1.29, 1.82) is 0 Å². The average molecular weight is 601 g/mol. The van der Waals surface area contributed by atoms with Crippen LogP contribution in [0.25, 0.3) is 0 Å². The summed E-state index contributed by atoms with van der Waals surface area (Å²) in [5, 5.41) is 7.12. The summed E-state index contributed by atoms with van der Waals surface area (Å²) in [6, 6.07) is 4.14. The number of methoxy groups -OCH3 is 1. The highest BCUT2D eigenvalue weighted by molar-refractivity contribution is 7.90. The molecule has 1 aromatic carbocycles. The third kappa shape index (κ3) is 8.73. The first-order valence-corrected chi connectivity index (χ1v) is 16.7. The number of halogens is 1. The third-order valence-corrected chi connectivity index (χ3v) is 9.00. The Labute approximate surface area is 237 Å². The van der Waals surface area contributed by atoms with Crippen LogP contribution in [0.4, 0.5) is 17.5 Å². The maximum atomic E-state index is 11.6. The quantitative estimate of drug-likeness (QED) is 0.284. The van der Waals surface area contributed by atoms with Gasteiger partial charge in [-0.3, -0.25) is 4.55 Å². The van der Waals surface area contributed by atoms with Gasteiger partial charge >= 0.3 is 0 Å². The summed E-state index contributed by atoms with van der Waals surface area (Å²) >= 11 is 4.40. The second kappa shape index (κ2) is 13.6. The van der Waals surface area contributed by atoms with E-state index in [4.69, 9.17) is 20.9 Å². The van der Waals surface area contributed by atoms with Gasteiger partial charge in [-0.1, -0.05) is 24.4 Å². The molecule has 0 spiro atoms. The first-order chi connectivity index (χ1) is 18.6. The first kappa shape index (κ1) is 29.9. The molecule has 1 aromatic heterocycles. The van der Waals surface area contributed by atoms with Gasteiger partial charge in [0.2, 0.25) is 17.2 Å². The van der Waals surface area contributed by atoms with Crippen LogP contribution in [0.2, 0.25) is 5.02 Å². The largest absolute Gasteiger partial charge is 0.495 e. The Morgan fingerprint density at radius 1 is 1.21 bits per heavy atom. The zero-order valence-corrected chi connectivity index (χ0v) is 24.7. The second-order valence-corrected chi connectivity index (χ2v) is 13.7. The second-order valence-electron chi connectivity index (χ2n) is 10.2. The van der Waals surface area contributed by atoms with Gasteiger partial charge in [-0.15, -0.1) is 0 Å². The number of ether oxygens (including phenoxy) is 1. The summed E-state index contributed by atoms with van der Waals surface area (Å²) in [5.41, 5.74) is 3.09. The predicted molar refractivity (Wildman–Crippen MR) is 155 cm³/mol. The van der Waals surface area contributed by atoms with Crippen LogP contribution in [0.15, 0.2) is 18.3 Å². The number of nitrogens with zero attached hydrogens (tertiary/aromatic N) is 3. The first-order valence-electron chi connectivity index (χ1n) is 13.1. The molecule has 39 heavy (non-hydrogen) atoms. The molecule has 1 aliphatic carbocycles. The Morgan fingerprint density at radius 2 is 1.92 bits per heavy atom. The lowest BCUT2D eigenvalue weighted by molar-refractivity contribution is 0.304. The number of hydrogen-bond donors (Lipinski definition) is 4. The molecule has 0 saturated heterocycles. The molecule has 2 aliphatic rings. The number of hydrogen-bond acceptors (Lipinski definition) is 9. The van der Waals surface area contributed by atoms with Crippen LogP contribution in [0.1, 0.15) is 36.8 Å². The van der Waals surface area contributed by atoms with Gasteiger partial charge in [-0.05, 0) is 54.9 Å². The van der Waals surface area contributed by atoms with Gasteiger partial charge in [0.25, 0.3) is 0 Å². The van der Waals surface area contributed by atoms with Gasteiger partial charge in [0.15, 0.2) is 5.82 Å². The molecule has 1 unspecified atom stereocenters. The fourth-order valence-electron chi connectivity index (χ4n) is 5.23. The molecule has 1 aliphatic heterocycles. The molecule has 4 rings (SSSR count). The Morgan fingerprint density at radius 3 is 2.62 bits per heavy atom. The summed E-state index contributed by atoms with van der Waals surface area (Å²) < 4.78 is 51.8. The fraction of sp³-hybridized carbons (Fsp3) is 0.600. The topological polar surface area (TPSA) is 146 Å². The smallest absolute Gasteiger partial charge is 0.231 e. The highest BCUT2D eigenvalue weighted by atomic mass is 35.5. The van der Waals surface area contributed by atoms with E-state index in [1.807, 2.05) is 6.07 Å². The number of anilines is 3. The summed E-state index contributed by atoms with van der Waals surface area (Å²) in [7, 11) is -1.39. The molecule has 0 amide bonds. The van der Waals surface area contributed by atoms with E-state index in [9.17, 15) is 12.6 Å². The van der Waals surface area contributed by atoms with E-state index in [0.717, 1.165) is 57.3 Å². The third-order valence-electron chi connectivity index (χ3n) is 7.39. The monoisotopic (exact) mass is 600 g/mol. The van der Waals surface area contributed by atoms with Gasteiger partial charge in [-0.25, -0.2) is 22.3 Å². The minimum Gasteiger partial charge on any atom is -0.495 e. The van der Waals surface area contributed by atoms with Crippen molar-refractivity contribution >= 4 is 50.2 Å². The van der Waals surface area contributed by atoms with Gasteiger partial charge in [0.1, 0.15) is 20.6 Å². The maximum absolute atomic E-state index is 11.6. The summed E-state index contributed by atoms with van der Waals surface area (Å²) in [4.78, 5) is 11.2. The number of rotatable bonds is 11. The lowest BCUT2D eigenvalue weighted by Crippen LogP contribution is -2.39. The predicted octanol–water partition coefficient (Wildman–Crippen LogP) is 3.02. The Hall–Kier alpha value is -2.03. The van der Waals surface area contributed by atoms with E-state index in [0.29, 0.717) is 35.6 Å². The highest BCUT2D eigenvalue weighted by Gasteiger charge is 2.26. The van der Waals surface area contributed by atoms with E-state index in [1.54, 1.807) is 13.3 Å². The van der Waals surface area contributed by atoms with Crippen molar-refractivity contribution < 1.29 is 21.9 Å². The van der Waals surface area contributed by atoms with E-state index < -0.39 is 21.1 Å². The zero-order valence-electron chi connectivity index (χ0n) is 22.3. The minimum atomic E-state index is -3.01. The number of sulfone groups is 1. The van der Waals surface area contributed by atoms with E-state index >= 15 is 0 Å². The van der Waals surface area contributed by atoms with Crippen LogP contribution in [0.3, 0.4) is 0 Å². The van der Waals surface area contributed by atoms with Crippen LogP contribution in [-0.4, -0.2) is 83.4 Å². The molecule has 3 atom stereocenters. The van der Waals surface area contributed by atoms with E-state index in [1.165, 1.54) is 17.4 Å². The van der Waals surface area contributed by atoms with Crippen LogP contribution < -0.4 is 20.1 Å². The summed E-state index contributed by atoms with van der Waals surface area (Å²) in [5.74, 6) is 1.86. The lowest BCUT2D eigenvalue weighted by Gasteiger charge is -2.32. The molecule has 1 saturated carbocycles. The van der Waals surface area contributed by atoms with Crippen LogP contribution in [0, 0.1) is 5.92 Å². The Balaban J connectivity index is 1.48. The standard InChI is InChI=1S/C25H37ClN6O5S2/c1-37-23-14-18-8-10-32(11-12-39(2,35)36)9-7-17(18)13-22(23)30-25-27-16-20(26)24(31-25)29-21-6-4-3-5-19(21)15-28-38(33)34/h13-14,16,19,21,28H,3-12,15H2,1-2H3,(H,33,34)(H2,27,29,30,31)/t19-,21-/m1/s1. The molecule has 14 heteroatoms. The van der Waals surface area contributed by atoms with Gasteiger partial charge < -0.3 is 20.3 Å². The molecule has 4 N–H and O–H groups in total.